The van der Waals surface area contributed by atoms with Crippen molar-refractivity contribution < 1.29 is 42.9 Å². The second-order valence-electron chi connectivity index (χ2n) is 20.5. The lowest BCUT2D eigenvalue weighted by Crippen LogP contribution is -2.59. The van der Waals surface area contributed by atoms with E-state index in [1.807, 2.05) is 96.3 Å². The van der Waals surface area contributed by atoms with Crippen LogP contribution in [-0.2, 0) is 49.9 Å². The van der Waals surface area contributed by atoms with E-state index >= 15 is 0 Å². The van der Waals surface area contributed by atoms with Crippen LogP contribution in [0.3, 0.4) is 0 Å². The summed E-state index contributed by atoms with van der Waals surface area (Å²) in [6.07, 6.45) is 2.11. The van der Waals surface area contributed by atoms with Crippen LogP contribution in [0.5, 0.6) is 0 Å². The number of likely N-dealkylation sites (N-methyl/N-ethyl adjacent to an activating group) is 1. The van der Waals surface area contributed by atoms with Gasteiger partial charge in [0.15, 0.2) is 58.2 Å². The predicted molar refractivity (Wildman–Crippen MR) is 417 cm³/mol. The molecule has 3 amide bonds. The zero-order valence-electron chi connectivity index (χ0n) is 60.7. The molecule has 2 N–H and O–H groups in total. The minimum Gasteiger partial charge on any atom is -0.376 e. The lowest BCUT2D eigenvalue weighted by atomic mass is 9.99. The molecule has 0 saturated carbocycles. The number of thiazole rings is 1. The number of ketones is 1. The van der Waals surface area contributed by atoms with Gasteiger partial charge < -0.3 is 58.5 Å². The van der Waals surface area contributed by atoms with E-state index < -0.39 is 6.29 Å². The van der Waals surface area contributed by atoms with Crippen LogP contribution in [-0.4, -0.2) is 349 Å². The highest BCUT2D eigenvalue weighted by molar-refractivity contribution is 8.16. The first-order chi connectivity index (χ1) is 45.2. The van der Waals surface area contributed by atoms with Crippen LogP contribution >= 0.6 is 106 Å². The summed E-state index contributed by atoms with van der Waals surface area (Å²) in [5.74, 6) is 6.39. The number of ether oxygens (including phenoxy) is 5. The van der Waals surface area contributed by atoms with Gasteiger partial charge in [-0.1, -0.05) is 82.3 Å². The number of methoxy groups -OCH3 is 4. The fourth-order valence-corrected chi connectivity index (χ4v) is 15.6. The predicted octanol–water partition coefficient (Wildman–Crippen LogP) is 5.32. The Hall–Kier alpha value is -3.66. The number of Topliss-reactive ketones (excluding diaryl/α,β-unsaturated/α-hetero) is 1. The standard InChI is InChI=1S/C10H20O5.3C6H10N2OS.C6H10N2S.2C6H12N2S.C5H8N2OS.C5H10N2S.C3H8N2S/c1-6-7(11-2)8(12-3)9(13-4)10(14-5)15-6;1-7-6-8(2)3-5(9)4-10-6;1-7-6-8(2)5(9)3-4-10-6;1-4-5(9)8(3)6(7-2)10-4;1-5-4-9-6(7-2)8(5)3;2*1-7-6-8(2)4-3-5-9-6;1-6-5-7(2)4(8)3-9-5;1-6-5-7(2)3-4-8-5;1-4-3(6)5-2/h6-10H,1-5H3;2*3-4H2,1-2H3;4H,1-3H3;4H,1-3H3;2*3-5H2,1-2H3;3H2,1-2H3;3-4H2,1-2H3;1-2H3,(H2,4,5,6)/t6-,7-,8+,9+,10+;;;;;;;;;/m0........./s1. The maximum atomic E-state index is 11.1. The minimum atomic E-state index is -0.415. The Bertz CT molecular complexity index is 2710. The summed E-state index contributed by atoms with van der Waals surface area (Å²) in [4.78, 5) is 90.2. The van der Waals surface area contributed by atoms with Gasteiger partial charge in [0, 0.05) is 215 Å². The fraction of sp³-hybridized carbons (Fsp3) is 0.746. The molecule has 0 bridgehead atoms. The van der Waals surface area contributed by atoms with Gasteiger partial charge in [-0.3, -0.25) is 73.8 Å². The Kier molecular flexibility index (Phi) is 50.4. The lowest BCUT2D eigenvalue weighted by molar-refractivity contribution is -0.298. The molecule has 0 spiro atoms. The number of amides is 3. The number of hydrogen-bond acceptors (Lipinski definition) is 26. The van der Waals surface area contributed by atoms with Crippen molar-refractivity contribution in [2.45, 2.75) is 76.0 Å². The van der Waals surface area contributed by atoms with E-state index in [0.717, 1.165) is 37.8 Å². The van der Waals surface area contributed by atoms with Gasteiger partial charge in [-0.2, -0.15) is 0 Å². The van der Waals surface area contributed by atoms with Gasteiger partial charge in [0.2, 0.25) is 17.7 Å². The number of hydrogen-bond donors (Lipinski definition) is 2. The van der Waals surface area contributed by atoms with Crippen molar-refractivity contribution in [3.05, 3.63) is 15.9 Å². The molecular formula is C59H110N18O9S9. The summed E-state index contributed by atoms with van der Waals surface area (Å²) in [6, 6.07) is 0. The molecule has 1 unspecified atom stereocenters. The number of rotatable bonds is 4. The molecule has 8 saturated heterocycles. The second-order valence-corrected chi connectivity index (χ2v) is 29.2. The Morgan fingerprint density at radius 1 is 0.526 bits per heavy atom. The zero-order chi connectivity index (χ0) is 72.3. The van der Waals surface area contributed by atoms with Gasteiger partial charge in [-0.05, 0) is 45.8 Å². The number of thiocarbonyl (C=S) groups is 1. The number of aromatic nitrogens is 1. The van der Waals surface area contributed by atoms with Crippen molar-refractivity contribution in [3.63, 3.8) is 0 Å². The van der Waals surface area contributed by atoms with Crippen LogP contribution in [0, 0.1) is 6.92 Å². The summed E-state index contributed by atoms with van der Waals surface area (Å²) in [6.45, 7) is 9.89. The van der Waals surface area contributed by atoms with Crippen molar-refractivity contribution in [2.75, 3.05) is 209 Å². The Balaban J connectivity index is 0.00000104. The summed E-state index contributed by atoms with van der Waals surface area (Å²) in [5, 5.41) is 15.2. The number of aryl methyl sites for hydroxylation is 1. The molecule has 9 rings (SSSR count). The third-order valence-electron chi connectivity index (χ3n) is 13.8. The molecule has 6 atom stereocenters. The SMILES string of the molecule is CN=C1SC(C)C(=O)N1C.CN=C1SCC(=O)CN1C.CN=C1SCC(=O)N1C.CN=C1SCCC(=O)N1C.CN=C1SCCCN1C.CN=C1SCCCN1C.CN=C1SCCN1C.CN=c1scc(C)n1C.CNC(=S)NC.CO[C@@H]1O[C@@H](C)[C@H](OC)[C@@H](OC)[C@H]1OC. The average Bonchev–Trinajstić information content (AvgIpc) is 1.78. The molecule has 27 nitrogen and oxygen atoms in total. The number of thioether (sulfide) groups is 7. The Morgan fingerprint density at radius 3 is 1.26 bits per heavy atom. The first-order valence-electron chi connectivity index (χ1n) is 30.3. The summed E-state index contributed by atoms with van der Waals surface area (Å²) >= 11 is 18.0. The van der Waals surface area contributed by atoms with Crippen LogP contribution in [0.1, 0.15) is 38.8 Å². The van der Waals surface area contributed by atoms with Gasteiger partial charge in [0.05, 0.1) is 29.4 Å². The van der Waals surface area contributed by atoms with Crippen LogP contribution in [0.15, 0.2) is 45.3 Å². The van der Waals surface area contributed by atoms with E-state index in [4.69, 9.17) is 23.7 Å². The molecule has 8 fully saturated rings. The van der Waals surface area contributed by atoms with Crippen LogP contribution in [0.2, 0.25) is 0 Å². The molecule has 95 heavy (non-hydrogen) atoms. The minimum absolute atomic E-state index is 0.0451. The normalized spacial score (nSPS) is 25.6. The van der Waals surface area contributed by atoms with E-state index in [0.29, 0.717) is 29.6 Å². The number of carbonyl (C=O) groups excluding carboxylic acids is 4. The molecule has 9 heterocycles. The smallest absolute Gasteiger partial charge is 0.241 e. The Morgan fingerprint density at radius 2 is 0.968 bits per heavy atom. The van der Waals surface area contributed by atoms with Crippen molar-refractivity contribution in [1.29, 1.82) is 0 Å². The summed E-state index contributed by atoms with van der Waals surface area (Å²) < 4.78 is 29.0. The molecule has 0 radical (unpaired) electrons. The Labute approximate surface area is 606 Å². The molecular weight excluding hydrogens is 1390 g/mol. The first-order valence-corrected chi connectivity index (χ1v) is 38.4. The third-order valence-corrected chi connectivity index (χ3v) is 23.7. The third kappa shape index (κ3) is 33.4. The molecule has 1 aromatic heterocycles. The average molecular weight is 1500 g/mol. The maximum Gasteiger partial charge on any atom is 0.241 e. The quantitative estimate of drug-likeness (QED) is 0.361. The summed E-state index contributed by atoms with van der Waals surface area (Å²) in [5.41, 5.74) is 1.26. The topological polar surface area (TPSA) is 265 Å². The monoisotopic (exact) mass is 1500 g/mol. The van der Waals surface area contributed by atoms with Crippen molar-refractivity contribution >= 4 is 171 Å². The largest absolute Gasteiger partial charge is 0.376 e. The number of nitrogens with one attached hydrogen (secondary N) is 2. The highest BCUT2D eigenvalue weighted by Gasteiger charge is 2.45. The number of carbonyl (C=O) groups is 4. The van der Waals surface area contributed by atoms with Crippen molar-refractivity contribution in [2.24, 2.45) is 47.0 Å². The van der Waals surface area contributed by atoms with E-state index in [9.17, 15) is 19.2 Å². The molecule has 1 aromatic rings. The van der Waals surface area contributed by atoms with Crippen molar-refractivity contribution in [1.82, 2.24) is 49.5 Å². The number of nitrogens with zero attached hydrogens (tertiary/aromatic N) is 16. The zero-order valence-corrected chi connectivity index (χ0v) is 68.1. The lowest BCUT2D eigenvalue weighted by Gasteiger charge is -2.43. The highest BCUT2D eigenvalue weighted by atomic mass is 32.2. The van der Waals surface area contributed by atoms with Crippen LogP contribution in [0.25, 0.3) is 0 Å². The molecule has 0 aliphatic carbocycles. The number of aliphatic imine (C=N–C) groups is 7. The molecule has 8 aliphatic rings. The van der Waals surface area contributed by atoms with Gasteiger partial charge in [-0.15, -0.1) is 11.3 Å². The van der Waals surface area contributed by atoms with Crippen LogP contribution < -0.4 is 15.4 Å². The van der Waals surface area contributed by atoms with E-state index in [-0.39, 0.29) is 53.2 Å². The fourth-order valence-electron chi connectivity index (χ4n) is 8.49. The number of amidine groups is 7. The van der Waals surface area contributed by atoms with Gasteiger partial charge in [0.25, 0.3) is 0 Å². The van der Waals surface area contributed by atoms with E-state index in [1.165, 1.54) is 99.7 Å². The highest BCUT2D eigenvalue weighted by Crippen LogP contribution is 2.28. The van der Waals surface area contributed by atoms with E-state index in [2.05, 4.69) is 116 Å². The van der Waals surface area contributed by atoms with Crippen molar-refractivity contribution in [3.8, 4) is 0 Å². The molecule has 544 valence electrons. The second kappa shape index (κ2) is 52.4. The van der Waals surface area contributed by atoms with Gasteiger partial charge >= 0.3 is 0 Å². The first kappa shape index (κ1) is 91.3. The van der Waals surface area contributed by atoms with Crippen LogP contribution in [0.4, 0.5) is 0 Å². The molecule has 8 aliphatic heterocycles. The van der Waals surface area contributed by atoms with E-state index in [1.54, 1.807) is 130 Å². The van der Waals surface area contributed by atoms with Gasteiger partial charge in [0.1, 0.15) is 18.3 Å². The van der Waals surface area contributed by atoms with Gasteiger partial charge in [-0.25, -0.2) is 0 Å². The molecule has 0 aromatic carbocycles. The molecule has 36 heteroatoms. The summed E-state index contributed by atoms with van der Waals surface area (Å²) in [7, 11) is 39.6. The maximum absolute atomic E-state index is 11.1.